The highest BCUT2D eigenvalue weighted by molar-refractivity contribution is 5.90. The first-order valence-electron chi connectivity index (χ1n) is 13.8. The fraction of sp³-hybridized carbons (Fsp3) is 0.552. The third kappa shape index (κ3) is 5.84. The number of hydrogen-bond acceptors (Lipinski definition) is 5. The van der Waals surface area contributed by atoms with Gasteiger partial charge in [-0.25, -0.2) is 9.59 Å². The molecule has 1 aromatic carbocycles. The zero-order chi connectivity index (χ0) is 28.3. The van der Waals surface area contributed by atoms with Crippen molar-refractivity contribution in [3.8, 4) is 11.5 Å². The van der Waals surface area contributed by atoms with E-state index in [1.807, 2.05) is 54.7 Å². The van der Waals surface area contributed by atoms with E-state index < -0.39 is 0 Å². The van der Waals surface area contributed by atoms with Crippen molar-refractivity contribution in [2.75, 3.05) is 45.7 Å². The molecule has 1 fully saturated rings. The highest BCUT2D eigenvalue weighted by atomic mass is 16.5. The molecule has 1 N–H and O–H groups in total. The maximum atomic E-state index is 13.9. The molecule has 212 valence electrons. The molecule has 0 aliphatic carbocycles. The lowest BCUT2D eigenvalue weighted by Crippen LogP contribution is -2.43. The molecule has 0 bridgehead atoms. The summed E-state index contributed by atoms with van der Waals surface area (Å²) in [6.07, 6.45) is 4.29. The van der Waals surface area contributed by atoms with Crippen LogP contribution in [0.25, 0.3) is 0 Å². The summed E-state index contributed by atoms with van der Waals surface area (Å²) < 4.78 is 13.0. The molecule has 0 unspecified atom stereocenters. The number of nitrogens with zero attached hydrogens (tertiary/aromatic N) is 5. The van der Waals surface area contributed by atoms with Gasteiger partial charge in [0.05, 0.1) is 37.8 Å². The van der Waals surface area contributed by atoms with Crippen molar-refractivity contribution in [3.05, 3.63) is 46.4 Å². The van der Waals surface area contributed by atoms with Crippen LogP contribution in [0.2, 0.25) is 0 Å². The number of carbonyl (C=O) groups is 2. The fourth-order valence-corrected chi connectivity index (χ4v) is 5.65. The second-order valence-corrected chi connectivity index (χ2v) is 10.3. The third-order valence-electron chi connectivity index (χ3n) is 7.86. The number of benzene rings is 1. The molecule has 39 heavy (non-hydrogen) atoms. The van der Waals surface area contributed by atoms with Gasteiger partial charge in [-0.05, 0) is 51.7 Å². The number of anilines is 1. The molecule has 0 spiro atoms. The summed E-state index contributed by atoms with van der Waals surface area (Å²) in [5, 5.41) is 7.51. The number of aromatic nitrogens is 2. The van der Waals surface area contributed by atoms with Gasteiger partial charge in [-0.3, -0.25) is 9.58 Å². The normalized spacial score (nSPS) is 18.4. The second kappa shape index (κ2) is 12.0. The molecule has 3 heterocycles. The Hall–Kier alpha value is -3.69. The minimum atomic E-state index is -0.132. The van der Waals surface area contributed by atoms with Crippen LogP contribution in [0.3, 0.4) is 0 Å². The first kappa shape index (κ1) is 28.3. The largest absolute Gasteiger partial charge is 0.497 e. The predicted molar refractivity (Wildman–Crippen MR) is 151 cm³/mol. The Kier molecular flexibility index (Phi) is 8.72. The molecule has 1 atom stereocenters. The molecule has 0 radical (unpaired) electrons. The summed E-state index contributed by atoms with van der Waals surface area (Å²) in [5.74, 6) is 1.52. The average Bonchev–Trinajstić information content (AvgIpc) is 3.06. The molecular formula is C29H42N6O4. The van der Waals surface area contributed by atoms with Gasteiger partial charge in [0, 0.05) is 56.5 Å². The van der Waals surface area contributed by atoms with Crippen molar-refractivity contribution in [1.29, 1.82) is 0 Å². The number of ether oxygens (including phenoxy) is 2. The van der Waals surface area contributed by atoms with Crippen LogP contribution < -0.4 is 14.8 Å². The second-order valence-electron chi connectivity index (χ2n) is 10.3. The van der Waals surface area contributed by atoms with E-state index in [0.29, 0.717) is 51.3 Å². The van der Waals surface area contributed by atoms with Crippen molar-refractivity contribution in [2.45, 2.75) is 59.4 Å². The van der Waals surface area contributed by atoms with Crippen molar-refractivity contribution in [2.24, 2.45) is 7.05 Å². The Morgan fingerprint density at radius 1 is 1.13 bits per heavy atom. The van der Waals surface area contributed by atoms with Gasteiger partial charge in [-0.2, -0.15) is 5.10 Å². The molecule has 0 saturated carbocycles. The lowest BCUT2D eigenvalue weighted by atomic mass is 9.94. The molecule has 1 saturated heterocycles. The van der Waals surface area contributed by atoms with E-state index in [1.165, 1.54) is 0 Å². The van der Waals surface area contributed by atoms with Crippen molar-refractivity contribution < 1.29 is 19.1 Å². The van der Waals surface area contributed by atoms with Crippen molar-refractivity contribution in [3.63, 3.8) is 0 Å². The monoisotopic (exact) mass is 538 g/mol. The van der Waals surface area contributed by atoms with E-state index in [9.17, 15) is 9.59 Å². The Balaban J connectivity index is 1.62. The zero-order valence-electron chi connectivity index (χ0n) is 24.3. The standard InChI is InChI=1S/C29H42N6O4/c1-8-33-13-10-14-34(28(36)30-27-20(3)31-32(5)21(27)4)12-9-11-23-15-19(2)26-22(18-35(23)29(33)37)16-24(38-6)17-25(26)39-7/h15-17,19H,8-14,18H2,1-7H3,(H,30,36)/t19-/m0/s1. The van der Waals surface area contributed by atoms with Crippen LogP contribution in [0, 0.1) is 13.8 Å². The summed E-state index contributed by atoms with van der Waals surface area (Å²) in [7, 11) is 5.18. The van der Waals surface area contributed by atoms with E-state index in [1.54, 1.807) is 18.9 Å². The molecule has 10 nitrogen and oxygen atoms in total. The predicted octanol–water partition coefficient (Wildman–Crippen LogP) is 5.02. The number of methoxy groups -OCH3 is 2. The number of fused-ring (bicyclic) bond motifs is 2. The number of amides is 4. The molecule has 2 aliphatic heterocycles. The van der Waals surface area contributed by atoms with Crippen LogP contribution in [0.15, 0.2) is 23.9 Å². The summed E-state index contributed by atoms with van der Waals surface area (Å²) in [4.78, 5) is 32.9. The molecule has 4 amide bonds. The van der Waals surface area contributed by atoms with Gasteiger partial charge in [0.2, 0.25) is 0 Å². The average molecular weight is 539 g/mol. The van der Waals surface area contributed by atoms with E-state index in [4.69, 9.17) is 9.47 Å². The lowest BCUT2D eigenvalue weighted by Gasteiger charge is -2.31. The molecule has 10 heteroatoms. The van der Waals surface area contributed by atoms with E-state index in [2.05, 4.69) is 23.4 Å². The first-order valence-corrected chi connectivity index (χ1v) is 13.8. The number of nitrogens with one attached hydrogen (secondary N) is 1. The summed E-state index contributed by atoms with van der Waals surface area (Å²) in [5.41, 5.74) is 5.54. The lowest BCUT2D eigenvalue weighted by molar-refractivity contribution is 0.163. The molecule has 2 aromatic rings. The topological polar surface area (TPSA) is 92.2 Å². The Morgan fingerprint density at radius 3 is 2.51 bits per heavy atom. The Morgan fingerprint density at radius 2 is 1.87 bits per heavy atom. The van der Waals surface area contributed by atoms with E-state index >= 15 is 0 Å². The van der Waals surface area contributed by atoms with Crippen molar-refractivity contribution in [1.82, 2.24) is 24.5 Å². The number of allylic oxidation sites excluding steroid dienone is 2. The zero-order valence-corrected chi connectivity index (χ0v) is 24.3. The summed E-state index contributed by atoms with van der Waals surface area (Å²) in [6.45, 7) is 10.7. The van der Waals surface area contributed by atoms with E-state index in [-0.39, 0.29) is 18.0 Å². The van der Waals surface area contributed by atoms with Crippen molar-refractivity contribution >= 4 is 17.7 Å². The number of carbonyl (C=O) groups excluding carboxylic acids is 2. The molecular weight excluding hydrogens is 496 g/mol. The third-order valence-corrected chi connectivity index (χ3v) is 7.86. The number of urea groups is 2. The van der Waals surface area contributed by atoms with Crippen LogP contribution in [0.1, 0.15) is 61.5 Å². The highest BCUT2D eigenvalue weighted by Gasteiger charge is 2.31. The smallest absolute Gasteiger partial charge is 0.324 e. The first-order chi connectivity index (χ1) is 18.7. The summed E-state index contributed by atoms with van der Waals surface area (Å²) >= 11 is 0. The minimum Gasteiger partial charge on any atom is -0.497 e. The Labute approximate surface area is 231 Å². The fourth-order valence-electron chi connectivity index (χ4n) is 5.65. The molecule has 1 aromatic heterocycles. The van der Waals surface area contributed by atoms with Crippen LogP contribution in [-0.4, -0.2) is 76.9 Å². The van der Waals surface area contributed by atoms with Gasteiger partial charge in [-0.1, -0.05) is 13.0 Å². The van der Waals surface area contributed by atoms with Gasteiger partial charge >= 0.3 is 12.1 Å². The van der Waals surface area contributed by atoms with Gasteiger partial charge in [0.25, 0.3) is 0 Å². The molecule has 2 aliphatic rings. The van der Waals surface area contributed by atoms with Gasteiger partial charge < -0.3 is 24.6 Å². The quantitative estimate of drug-likeness (QED) is 0.590. The Bertz CT molecular complexity index is 1250. The van der Waals surface area contributed by atoms with Gasteiger partial charge in [-0.15, -0.1) is 0 Å². The SMILES string of the molecule is CCN1CCCN(C(=O)Nc2c(C)nn(C)c2C)CCCC2=C[C@H](C)c3c(cc(OC)cc3OC)CN2C1=O. The number of hydrogen-bond donors (Lipinski definition) is 1. The van der Waals surface area contributed by atoms with Gasteiger partial charge in [0.1, 0.15) is 11.5 Å². The number of aryl methyl sites for hydroxylation is 2. The maximum absolute atomic E-state index is 13.9. The van der Waals surface area contributed by atoms with E-state index in [0.717, 1.165) is 46.1 Å². The van der Waals surface area contributed by atoms with Crippen LogP contribution in [0.5, 0.6) is 11.5 Å². The van der Waals surface area contributed by atoms with Gasteiger partial charge in [0.15, 0.2) is 0 Å². The molecule has 4 rings (SSSR count). The number of rotatable bonds is 4. The van der Waals surface area contributed by atoms with Crippen LogP contribution >= 0.6 is 0 Å². The maximum Gasteiger partial charge on any atom is 0.324 e. The van der Waals surface area contributed by atoms with Crippen LogP contribution in [0.4, 0.5) is 15.3 Å². The minimum absolute atomic E-state index is 0.00917. The van der Waals surface area contributed by atoms with Crippen LogP contribution in [-0.2, 0) is 13.6 Å². The highest BCUT2D eigenvalue weighted by Crippen LogP contribution is 2.40. The summed E-state index contributed by atoms with van der Waals surface area (Å²) in [6, 6.07) is 3.77.